The lowest BCUT2D eigenvalue weighted by molar-refractivity contribution is 0.0680. The van der Waals surface area contributed by atoms with Crippen molar-refractivity contribution in [3.05, 3.63) is 71.8 Å². The molecule has 1 unspecified atom stereocenters. The van der Waals surface area contributed by atoms with E-state index in [-0.39, 0.29) is 10.5 Å². The molecule has 2 aromatic rings. The third-order valence-electron chi connectivity index (χ3n) is 4.12. The third kappa shape index (κ3) is 2.02. The lowest BCUT2D eigenvalue weighted by Gasteiger charge is -2.44. The molecule has 104 valence electrons. The summed E-state index contributed by atoms with van der Waals surface area (Å²) in [6, 6.07) is 19.1. The van der Waals surface area contributed by atoms with Crippen molar-refractivity contribution in [1.29, 1.82) is 0 Å². The molecule has 1 heterocycles. The zero-order valence-corrected chi connectivity index (χ0v) is 12.2. The molecule has 1 aliphatic heterocycles. The van der Waals surface area contributed by atoms with Gasteiger partial charge in [0.25, 0.3) is 0 Å². The number of rotatable bonds is 3. The highest BCUT2D eigenvalue weighted by molar-refractivity contribution is 7.87. The van der Waals surface area contributed by atoms with Crippen LogP contribution in [0.4, 0.5) is 0 Å². The zero-order chi connectivity index (χ0) is 14.2. The van der Waals surface area contributed by atoms with E-state index in [1.165, 1.54) is 0 Å². The van der Waals surface area contributed by atoms with Crippen LogP contribution in [0.1, 0.15) is 24.5 Å². The Hall–Kier alpha value is -1.45. The van der Waals surface area contributed by atoms with Crippen LogP contribution >= 0.6 is 0 Å². The van der Waals surface area contributed by atoms with Gasteiger partial charge in [-0.05, 0) is 17.5 Å². The van der Waals surface area contributed by atoms with Gasteiger partial charge < -0.3 is 5.11 Å². The van der Waals surface area contributed by atoms with Gasteiger partial charge in [0.05, 0.1) is 5.25 Å². The molecule has 20 heavy (non-hydrogen) atoms. The Kier molecular flexibility index (Phi) is 3.48. The maximum Gasteiger partial charge on any atom is 0.129 e. The SMILES string of the molecule is C[C@@H]1C[C@@H](C(O)(c2ccccc2)c2ccccc2)S1=O. The van der Waals surface area contributed by atoms with Crippen LogP contribution in [-0.4, -0.2) is 19.8 Å². The molecular weight excluding hydrogens is 268 g/mol. The highest BCUT2D eigenvalue weighted by atomic mass is 32.2. The Balaban J connectivity index is 2.11. The zero-order valence-electron chi connectivity index (χ0n) is 11.4. The van der Waals surface area contributed by atoms with E-state index < -0.39 is 16.4 Å². The topological polar surface area (TPSA) is 37.3 Å². The average molecular weight is 286 g/mol. The average Bonchev–Trinajstić information content (AvgIpc) is 2.53. The van der Waals surface area contributed by atoms with Crippen molar-refractivity contribution >= 4 is 10.8 Å². The van der Waals surface area contributed by atoms with Gasteiger partial charge in [-0.15, -0.1) is 0 Å². The Morgan fingerprint density at radius 2 is 1.45 bits per heavy atom. The highest BCUT2D eigenvalue weighted by Gasteiger charge is 2.51. The summed E-state index contributed by atoms with van der Waals surface area (Å²) in [4.78, 5) is 0. The van der Waals surface area contributed by atoms with Crippen LogP contribution in [0.2, 0.25) is 0 Å². The molecule has 0 spiro atoms. The van der Waals surface area contributed by atoms with Gasteiger partial charge in [0.2, 0.25) is 0 Å². The lowest BCUT2D eigenvalue weighted by Crippen LogP contribution is -2.53. The van der Waals surface area contributed by atoms with E-state index in [9.17, 15) is 9.32 Å². The summed E-state index contributed by atoms with van der Waals surface area (Å²) < 4.78 is 12.3. The molecule has 1 aliphatic rings. The Bertz CT molecular complexity index is 570. The lowest BCUT2D eigenvalue weighted by atomic mass is 9.81. The van der Waals surface area contributed by atoms with Crippen molar-refractivity contribution in [2.45, 2.75) is 29.4 Å². The standard InChI is InChI=1S/C17H18O2S/c1-13-12-16(20(13)19)17(18,14-8-4-2-5-9-14)15-10-6-3-7-11-15/h2-11,13,16,18H,12H2,1H3/t13-,16+,20?/m1/s1. The quantitative estimate of drug-likeness (QED) is 0.942. The molecule has 0 amide bonds. The molecule has 3 heteroatoms. The minimum Gasteiger partial charge on any atom is -0.379 e. The largest absolute Gasteiger partial charge is 0.379 e. The van der Waals surface area contributed by atoms with Crippen LogP contribution in [0, 0.1) is 0 Å². The normalized spacial score (nSPS) is 26.0. The second kappa shape index (κ2) is 5.15. The number of benzene rings is 2. The molecule has 0 bridgehead atoms. The van der Waals surface area contributed by atoms with Crippen molar-refractivity contribution in [1.82, 2.24) is 0 Å². The molecule has 0 aromatic heterocycles. The van der Waals surface area contributed by atoms with Crippen LogP contribution in [0.25, 0.3) is 0 Å². The van der Waals surface area contributed by atoms with Crippen LogP contribution in [0.15, 0.2) is 60.7 Å². The van der Waals surface area contributed by atoms with Crippen LogP contribution in [0.3, 0.4) is 0 Å². The molecule has 1 fully saturated rings. The van der Waals surface area contributed by atoms with Gasteiger partial charge in [-0.1, -0.05) is 67.6 Å². The Morgan fingerprint density at radius 3 is 1.80 bits per heavy atom. The fourth-order valence-electron chi connectivity index (χ4n) is 2.91. The second-order valence-corrected chi connectivity index (χ2v) is 7.39. The molecule has 1 N–H and O–H groups in total. The van der Waals surface area contributed by atoms with Gasteiger partial charge in [-0.3, -0.25) is 4.21 Å². The number of aliphatic hydroxyl groups is 1. The summed E-state index contributed by atoms with van der Waals surface area (Å²) in [6.45, 7) is 1.98. The maximum absolute atomic E-state index is 12.3. The van der Waals surface area contributed by atoms with Crippen LogP contribution < -0.4 is 0 Å². The van der Waals surface area contributed by atoms with Gasteiger partial charge in [0.15, 0.2) is 0 Å². The molecule has 0 saturated carbocycles. The van der Waals surface area contributed by atoms with E-state index in [1.807, 2.05) is 67.6 Å². The predicted octanol–water partition coefficient (Wildman–Crippen LogP) is 2.83. The highest BCUT2D eigenvalue weighted by Crippen LogP contribution is 2.43. The third-order valence-corrected chi connectivity index (χ3v) is 6.20. The molecule has 3 atom stereocenters. The van der Waals surface area contributed by atoms with Gasteiger partial charge >= 0.3 is 0 Å². The summed E-state index contributed by atoms with van der Waals surface area (Å²) in [5.41, 5.74) is 0.466. The monoisotopic (exact) mass is 286 g/mol. The van der Waals surface area contributed by atoms with Crippen molar-refractivity contribution in [2.75, 3.05) is 0 Å². The first kappa shape index (κ1) is 13.5. The van der Waals surface area contributed by atoms with E-state index in [0.29, 0.717) is 0 Å². The van der Waals surface area contributed by atoms with Crippen molar-refractivity contribution < 1.29 is 9.32 Å². The van der Waals surface area contributed by atoms with Gasteiger partial charge in [-0.25, -0.2) is 0 Å². The van der Waals surface area contributed by atoms with E-state index >= 15 is 0 Å². The smallest absolute Gasteiger partial charge is 0.129 e. The molecule has 2 nitrogen and oxygen atoms in total. The van der Waals surface area contributed by atoms with Gasteiger partial charge in [-0.2, -0.15) is 0 Å². The van der Waals surface area contributed by atoms with E-state index in [1.54, 1.807) is 0 Å². The summed E-state index contributed by atoms with van der Waals surface area (Å²) in [6.07, 6.45) is 0.785. The second-order valence-electron chi connectivity index (χ2n) is 5.36. The fourth-order valence-corrected chi connectivity index (χ4v) is 4.58. The summed E-state index contributed by atoms with van der Waals surface area (Å²) in [7, 11) is -0.995. The summed E-state index contributed by atoms with van der Waals surface area (Å²) >= 11 is 0. The first-order valence-corrected chi connectivity index (χ1v) is 8.14. The first-order chi connectivity index (χ1) is 9.64. The molecule has 3 rings (SSSR count). The van der Waals surface area contributed by atoms with E-state index in [0.717, 1.165) is 17.5 Å². The van der Waals surface area contributed by atoms with Crippen molar-refractivity contribution in [3.8, 4) is 0 Å². The number of hydrogen-bond acceptors (Lipinski definition) is 2. The minimum atomic E-state index is -1.17. The van der Waals surface area contributed by atoms with Crippen LogP contribution in [-0.2, 0) is 16.4 Å². The molecular formula is C17H18O2S. The van der Waals surface area contributed by atoms with Gasteiger partial charge in [0.1, 0.15) is 5.60 Å². The Morgan fingerprint density at radius 1 is 1.00 bits per heavy atom. The fraction of sp³-hybridized carbons (Fsp3) is 0.294. The molecule has 2 aromatic carbocycles. The first-order valence-electron chi connectivity index (χ1n) is 6.87. The minimum absolute atomic E-state index is 0.166. The van der Waals surface area contributed by atoms with E-state index in [2.05, 4.69) is 0 Å². The number of hydrogen-bond donors (Lipinski definition) is 1. The van der Waals surface area contributed by atoms with E-state index in [4.69, 9.17) is 0 Å². The maximum atomic E-state index is 12.3. The van der Waals surface area contributed by atoms with Gasteiger partial charge in [0, 0.05) is 16.0 Å². The molecule has 0 radical (unpaired) electrons. The summed E-state index contributed by atoms with van der Waals surface area (Å²) in [5.74, 6) is 0. The van der Waals surface area contributed by atoms with Crippen molar-refractivity contribution in [3.63, 3.8) is 0 Å². The Labute approximate surface area is 121 Å². The molecule has 0 aliphatic carbocycles. The predicted molar refractivity (Wildman–Crippen MR) is 81.9 cm³/mol. The molecule has 1 saturated heterocycles. The van der Waals surface area contributed by atoms with Crippen LogP contribution in [0.5, 0.6) is 0 Å². The summed E-state index contributed by atoms with van der Waals surface area (Å²) in [5, 5.41) is 11.3. The van der Waals surface area contributed by atoms with Crippen molar-refractivity contribution in [2.24, 2.45) is 0 Å².